The fraction of sp³-hybridized carbons (Fsp3) is 0.483. The summed E-state index contributed by atoms with van der Waals surface area (Å²) in [5.74, 6) is 7.18. The van der Waals surface area contributed by atoms with Gasteiger partial charge in [0.2, 0.25) is 0 Å². The molecule has 0 saturated carbocycles. The van der Waals surface area contributed by atoms with Crippen molar-refractivity contribution in [1.29, 1.82) is 0 Å². The Kier molecular flexibility index (Phi) is 15.4. The number of rotatable bonds is 13. The number of nitrogens with zero attached hydrogens (tertiary/aromatic N) is 1. The van der Waals surface area contributed by atoms with E-state index in [1.165, 1.54) is 63.4 Å². The first kappa shape index (κ1) is 26.3. The summed E-state index contributed by atoms with van der Waals surface area (Å²) in [6.07, 6.45) is 23.8. The predicted molar refractivity (Wildman–Crippen MR) is 133 cm³/mol. The van der Waals surface area contributed by atoms with Gasteiger partial charge in [0.15, 0.2) is 0 Å². The minimum Gasteiger partial charge on any atom is -0.492 e. The standard InChI is InChI=1S/C27H37NO.C2H2/c1-3-5-7-9-10-12-22-29-27-21-20-26(28-23-27)19-18-25-16-14-24(15-17-25)13-11-8-6-4-2;1-2/h14-17,20-21,23H,3-13,22H2,1-2H3;1-2H. The molecule has 0 spiro atoms. The van der Waals surface area contributed by atoms with Crippen LogP contribution >= 0.6 is 0 Å². The summed E-state index contributed by atoms with van der Waals surface area (Å²) < 4.78 is 5.78. The topological polar surface area (TPSA) is 22.1 Å². The largest absolute Gasteiger partial charge is 0.492 e. The quantitative estimate of drug-likeness (QED) is 0.247. The highest BCUT2D eigenvalue weighted by molar-refractivity contribution is 5.41. The third kappa shape index (κ3) is 12.6. The summed E-state index contributed by atoms with van der Waals surface area (Å²) in [7, 11) is 0. The van der Waals surface area contributed by atoms with Gasteiger partial charge in [0.05, 0.1) is 12.8 Å². The van der Waals surface area contributed by atoms with Gasteiger partial charge in [0.1, 0.15) is 11.4 Å². The number of unbranched alkanes of at least 4 members (excludes halogenated alkanes) is 8. The molecule has 1 aromatic heterocycles. The Morgan fingerprint density at radius 3 is 2.03 bits per heavy atom. The van der Waals surface area contributed by atoms with Gasteiger partial charge in [-0.1, -0.05) is 83.3 Å². The van der Waals surface area contributed by atoms with Crippen molar-refractivity contribution in [1.82, 2.24) is 4.98 Å². The highest BCUT2D eigenvalue weighted by Crippen LogP contribution is 2.12. The van der Waals surface area contributed by atoms with Crippen molar-refractivity contribution in [2.75, 3.05) is 6.61 Å². The van der Waals surface area contributed by atoms with Crippen molar-refractivity contribution in [3.63, 3.8) is 0 Å². The molecule has 0 aliphatic heterocycles. The van der Waals surface area contributed by atoms with E-state index in [1.54, 1.807) is 6.20 Å². The maximum atomic E-state index is 5.78. The number of hydrogen-bond donors (Lipinski definition) is 0. The molecule has 2 nitrogen and oxygen atoms in total. The first-order valence-electron chi connectivity index (χ1n) is 11.8. The molecule has 0 bridgehead atoms. The van der Waals surface area contributed by atoms with Crippen molar-refractivity contribution in [3.8, 4) is 30.4 Å². The molecule has 2 rings (SSSR count). The van der Waals surface area contributed by atoms with Crippen LogP contribution in [-0.2, 0) is 6.42 Å². The molecule has 0 fully saturated rings. The normalized spacial score (nSPS) is 9.81. The molecule has 0 radical (unpaired) electrons. The molecule has 0 amide bonds. The monoisotopic (exact) mass is 417 g/mol. The lowest BCUT2D eigenvalue weighted by Gasteiger charge is -2.05. The van der Waals surface area contributed by atoms with Crippen LogP contribution in [0, 0.1) is 24.7 Å². The number of ether oxygens (including phenoxy) is 1. The summed E-state index contributed by atoms with van der Waals surface area (Å²) in [5.41, 5.74) is 3.21. The van der Waals surface area contributed by atoms with Crippen LogP contribution in [0.4, 0.5) is 0 Å². The van der Waals surface area contributed by atoms with E-state index in [1.807, 2.05) is 12.1 Å². The van der Waals surface area contributed by atoms with E-state index in [2.05, 4.69) is 67.8 Å². The van der Waals surface area contributed by atoms with E-state index in [9.17, 15) is 0 Å². The molecule has 166 valence electrons. The van der Waals surface area contributed by atoms with Crippen LogP contribution in [0.2, 0.25) is 0 Å². The Labute approximate surface area is 190 Å². The fourth-order valence-electron chi connectivity index (χ4n) is 3.26. The number of aryl methyl sites for hydroxylation is 1. The summed E-state index contributed by atoms with van der Waals surface area (Å²) in [6, 6.07) is 12.5. The zero-order valence-electron chi connectivity index (χ0n) is 19.5. The number of aromatic nitrogens is 1. The number of pyridine rings is 1. The van der Waals surface area contributed by atoms with Gasteiger partial charge in [0, 0.05) is 5.56 Å². The number of benzene rings is 1. The summed E-state index contributed by atoms with van der Waals surface area (Å²) in [4.78, 5) is 4.41. The molecule has 0 saturated heterocycles. The third-order valence-corrected chi connectivity index (χ3v) is 5.11. The van der Waals surface area contributed by atoms with Crippen molar-refractivity contribution in [2.45, 2.75) is 84.5 Å². The van der Waals surface area contributed by atoms with Crippen molar-refractivity contribution in [2.24, 2.45) is 0 Å². The smallest absolute Gasteiger partial charge is 0.137 e. The minimum atomic E-state index is 0.767. The van der Waals surface area contributed by atoms with Gasteiger partial charge < -0.3 is 4.74 Å². The van der Waals surface area contributed by atoms with E-state index in [4.69, 9.17) is 4.74 Å². The Morgan fingerprint density at radius 2 is 1.39 bits per heavy atom. The average Bonchev–Trinajstić information content (AvgIpc) is 2.83. The first-order chi connectivity index (χ1) is 15.3. The molecule has 0 N–H and O–H groups in total. The second kappa shape index (κ2) is 18.1. The van der Waals surface area contributed by atoms with E-state index >= 15 is 0 Å². The molecule has 2 heteroatoms. The molecule has 0 atom stereocenters. The van der Waals surface area contributed by atoms with Gasteiger partial charge in [0.25, 0.3) is 0 Å². The van der Waals surface area contributed by atoms with Crippen LogP contribution in [0.3, 0.4) is 0 Å². The van der Waals surface area contributed by atoms with Gasteiger partial charge in [-0.25, -0.2) is 4.98 Å². The van der Waals surface area contributed by atoms with Crippen molar-refractivity contribution in [3.05, 3.63) is 59.4 Å². The molecule has 0 unspecified atom stereocenters. The van der Waals surface area contributed by atoms with E-state index < -0.39 is 0 Å². The van der Waals surface area contributed by atoms with E-state index in [0.29, 0.717) is 0 Å². The molecule has 0 aliphatic rings. The van der Waals surface area contributed by atoms with Crippen molar-refractivity contribution < 1.29 is 4.74 Å². The zero-order valence-corrected chi connectivity index (χ0v) is 19.5. The minimum absolute atomic E-state index is 0.767. The predicted octanol–water partition coefficient (Wildman–Crippen LogP) is 7.59. The van der Waals surface area contributed by atoms with Gasteiger partial charge in [-0.3, -0.25) is 0 Å². The fourth-order valence-corrected chi connectivity index (χ4v) is 3.26. The van der Waals surface area contributed by atoms with E-state index in [0.717, 1.165) is 36.5 Å². The SMILES string of the molecule is C#C.CCCCCCCCOc1ccc(C#Cc2ccc(CCCCCC)cc2)nc1. The Balaban J connectivity index is 0.00000233. The number of hydrogen-bond acceptors (Lipinski definition) is 2. The Hall–Kier alpha value is -2.71. The Morgan fingerprint density at radius 1 is 0.742 bits per heavy atom. The first-order valence-corrected chi connectivity index (χ1v) is 11.8. The molecular formula is C29H39NO. The van der Waals surface area contributed by atoms with Gasteiger partial charge >= 0.3 is 0 Å². The molecule has 1 aromatic carbocycles. The van der Waals surface area contributed by atoms with Crippen LogP contribution in [0.15, 0.2) is 42.6 Å². The molecule has 1 heterocycles. The second-order valence-corrected chi connectivity index (χ2v) is 7.75. The lowest BCUT2D eigenvalue weighted by Crippen LogP contribution is -1.98. The molecule has 31 heavy (non-hydrogen) atoms. The van der Waals surface area contributed by atoms with Crippen LogP contribution < -0.4 is 4.74 Å². The summed E-state index contributed by atoms with van der Waals surface area (Å²) >= 11 is 0. The van der Waals surface area contributed by atoms with Gasteiger partial charge in [-0.2, -0.15) is 0 Å². The van der Waals surface area contributed by atoms with Gasteiger partial charge in [-0.05, 0) is 55.0 Å². The van der Waals surface area contributed by atoms with Gasteiger partial charge in [-0.15, -0.1) is 12.8 Å². The summed E-state index contributed by atoms with van der Waals surface area (Å²) in [5, 5.41) is 0. The average molecular weight is 418 g/mol. The van der Waals surface area contributed by atoms with E-state index in [-0.39, 0.29) is 0 Å². The zero-order chi connectivity index (χ0) is 22.6. The second-order valence-electron chi connectivity index (χ2n) is 7.75. The van der Waals surface area contributed by atoms with Crippen LogP contribution in [0.1, 0.15) is 94.9 Å². The Bertz CT molecular complexity index is 762. The van der Waals surface area contributed by atoms with Crippen LogP contribution in [0.5, 0.6) is 5.75 Å². The third-order valence-electron chi connectivity index (χ3n) is 5.11. The maximum absolute atomic E-state index is 5.78. The van der Waals surface area contributed by atoms with Crippen LogP contribution in [0.25, 0.3) is 0 Å². The lowest BCUT2D eigenvalue weighted by molar-refractivity contribution is 0.303. The highest BCUT2D eigenvalue weighted by atomic mass is 16.5. The lowest BCUT2D eigenvalue weighted by atomic mass is 10.0. The summed E-state index contributed by atoms with van der Waals surface area (Å²) in [6.45, 7) is 5.26. The molecule has 2 aromatic rings. The number of terminal acetylenes is 1. The maximum Gasteiger partial charge on any atom is 0.137 e. The highest BCUT2D eigenvalue weighted by Gasteiger charge is 1.97. The molecular weight excluding hydrogens is 378 g/mol. The molecule has 0 aliphatic carbocycles. The van der Waals surface area contributed by atoms with Crippen LogP contribution in [-0.4, -0.2) is 11.6 Å². The van der Waals surface area contributed by atoms with Crippen molar-refractivity contribution >= 4 is 0 Å².